The van der Waals surface area contributed by atoms with Crippen LogP contribution in [-0.4, -0.2) is 30.1 Å². The van der Waals surface area contributed by atoms with Crippen molar-refractivity contribution in [1.29, 1.82) is 0 Å². The zero-order chi connectivity index (χ0) is 26.2. The average Bonchev–Trinajstić information content (AvgIpc) is 3.69. The van der Waals surface area contributed by atoms with Gasteiger partial charge in [0.15, 0.2) is 6.29 Å². The van der Waals surface area contributed by atoms with Crippen molar-refractivity contribution in [3.63, 3.8) is 0 Å². The number of carbonyl (C=O) groups is 1. The number of aryl methyl sites for hydroxylation is 1. The number of aldehydes is 1. The van der Waals surface area contributed by atoms with Gasteiger partial charge in [-0.25, -0.2) is 0 Å². The van der Waals surface area contributed by atoms with Crippen LogP contribution in [0.4, 0.5) is 0 Å². The molecule has 0 bridgehead atoms. The van der Waals surface area contributed by atoms with Crippen molar-refractivity contribution in [3.8, 4) is 45.7 Å². The first-order valence-electron chi connectivity index (χ1n) is 12.1. The molecule has 0 unspecified atom stereocenters. The van der Waals surface area contributed by atoms with Crippen LogP contribution in [0.15, 0.2) is 77.6 Å². The fourth-order valence-electron chi connectivity index (χ4n) is 5.04. The predicted octanol–water partition coefficient (Wildman–Crippen LogP) is 7.28. The largest absolute Gasteiger partial charge is 0.497 e. The number of hydrogen-bond acceptors (Lipinski definition) is 4. The molecule has 0 amide bonds. The number of rotatable bonds is 5. The van der Waals surface area contributed by atoms with E-state index in [0.29, 0.717) is 17.1 Å². The number of methoxy groups -OCH3 is 2. The summed E-state index contributed by atoms with van der Waals surface area (Å²) in [6, 6.07) is 20.3. The summed E-state index contributed by atoms with van der Waals surface area (Å²) in [4.78, 5) is 15.0. The Morgan fingerprint density at radius 2 is 1.76 bits per heavy atom. The van der Waals surface area contributed by atoms with Crippen molar-refractivity contribution in [3.05, 3.63) is 94.3 Å². The van der Waals surface area contributed by atoms with Crippen LogP contribution in [0.25, 0.3) is 44.2 Å². The van der Waals surface area contributed by atoms with Crippen LogP contribution >= 0.6 is 11.3 Å². The molecule has 0 saturated carbocycles. The van der Waals surface area contributed by atoms with Crippen LogP contribution in [0.3, 0.4) is 0 Å². The number of fused-ring (bicyclic) bond motifs is 2. The molecule has 3 aromatic heterocycles. The van der Waals surface area contributed by atoms with Crippen LogP contribution in [-0.2, 0) is 7.05 Å². The number of benzene rings is 3. The van der Waals surface area contributed by atoms with E-state index in [4.69, 9.17) is 9.47 Å². The molecule has 3 aromatic carbocycles. The molecular formula is C32H24N2O3S. The Morgan fingerprint density at radius 3 is 2.47 bits per heavy atom. The molecule has 6 heteroatoms. The highest BCUT2D eigenvalue weighted by atomic mass is 32.1. The Kier molecular flexibility index (Phi) is 5.99. The lowest BCUT2D eigenvalue weighted by atomic mass is 9.97. The standard InChI is InChI=1S/C32H24N2O3S/c1-34-30-10-8-21(26-5-4-6-29-31(26)23(18-35)17-33-29)15-28(30)27(9-7-20-11-12-38-19-20)32(34)22-13-24(36-2)16-25(14-22)37-3/h4-6,8,10-19,33H,1-3H3. The number of hydrogen-bond donors (Lipinski definition) is 1. The number of carbonyl (C=O) groups excluding carboxylic acids is 1. The second kappa shape index (κ2) is 9.62. The lowest BCUT2D eigenvalue weighted by Gasteiger charge is -2.10. The van der Waals surface area contributed by atoms with Gasteiger partial charge in [-0.15, -0.1) is 0 Å². The van der Waals surface area contributed by atoms with Crippen LogP contribution in [0.2, 0.25) is 0 Å². The molecule has 186 valence electrons. The lowest BCUT2D eigenvalue weighted by Crippen LogP contribution is -1.95. The Hall–Kier alpha value is -4.73. The van der Waals surface area contributed by atoms with Crippen molar-refractivity contribution in [1.82, 2.24) is 9.55 Å². The third kappa shape index (κ3) is 3.94. The molecule has 0 aliphatic rings. The second-order valence-electron chi connectivity index (χ2n) is 8.97. The first-order valence-corrected chi connectivity index (χ1v) is 13.0. The molecule has 38 heavy (non-hydrogen) atoms. The van der Waals surface area contributed by atoms with E-state index >= 15 is 0 Å². The number of thiophene rings is 1. The number of aromatic amines is 1. The minimum Gasteiger partial charge on any atom is -0.497 e. The molecule has 6 rings (SSSR count). The monoisotopic (exact) mass is 516 g/mol. The molecule has 0 radical (unpaired) electrons. The van der Waals surface area contributed by atoms with E-state index in [9.17, 15) is 4.79 Å². The van der Waals surface area contributed by atoms with Gasteiger partial charge in [-0.3, -0.25) is 4.79 Å². The fourth-order valence-corrected chi connectivity index (χ4v) is 5.62. The van der Waals surface area contributed by atoms with E-state index < -0.39 is 0 Å². The van der Waals surface area contributed by atoms with Gasteiger partial charge in [-0.05, 0) is 52.9 Å². The lowest BCUT2D eigenvalue weighted by molar-refractivity contribution is 0.112. The average molecular weight is 517 g/mol. The maximum Gasteiger partial charge on any atom is 0.152 e. The summed E-state index contributed by atoms with van der Waals surface area (Å²) >= 11 is 1.63. The maximum absolute atomic E-state index is 11.8. The smallest absolute Gasteiger partial charge is 0.152 e. The van der Waals surface area contributed by atoms with Gasteiger partial charge in [-0.2, -0.15) is 11.3 Å². The maximum atomic E-state index is 11.8. The summed E-state index contributed by atoms with van der Waals surface area (Å²) in [6.45, 7) is 0. The van der Waals surface area contributed by atoms with Crippen LogP contribution in [0, 0.1) is 11.8 Å². The SMILES string of the molecule is COc1cc(OC)cc(-c2c(C#Cc3ccsc3)c3cc(-c4cccc5[nH]cc(C=O)c45)ccc3n2C)c1. The number of aromatic nitrogens is 2. The quantitative estimate of drug-likeness (QED) is 0.193. The summed E-state index contributed by atoms with van der Waals surface area (Å²) in [7, 11) is 5.36. The highest BCUT2D eigenvalue weighted by Gasteiger charge is 2.19. The summed E-state index contributed by atoms with van der Waals surface area (Å²) in [5.41, 5.74) is 8.47. The minimum atomic E-state index is 0.644. The summed E-state index contributed by atoms with van der Waals surface area (Å²) in [6.07, 6.45) is 2.66. The Bertz CT molecular complexity index is 1860. The molecule has 1 N–H and O–H groups in total. The summed E-state index contributed by atoms with van der Waals surface area (Å²) in [5.74, 6) is 8.25. The number of H-pyrrole nitrogens is 1. The van der Waals surface area contributed by atoms with Crippen molar-refractivity contribution < 1.29 is 14.3 Å². The molecule has 6 aromatic rings. The van der Waals surface area contributed by atoms with Crippen LogP contribution < -0.4 is 9.47 Å². The van der Waals surface area contributed by atoms with E-state index in [2.05, 4.69) is 52.7 Å². The van der Waals surface area contributed by atoms with Crippen molar-refractivity contribution in [2.24, 2.45) is 7.05 Å². The molecule has 3 heterocycles. The Balaban J connectivity index is 1.65. The van der Waals surface area contributed by atoms with Crippen LogP contribution in [0.5, 0.6) is 11.5 Å². The third-order valence-corrected chi connectivity index (χ3v) is 7.53. The first-order chi connectivity index (χ1) is 18.6. The molecule has 5 nitrogen and oxygen atoms in total. The first kappa shape index (κ1) is 23.7. The Morgan fingerprint density at radius 1 is 0.947 bits per heavy atom. The van der Waals surface area contributed by atoms with Gasteiger partial charge in [0, 0.05) is 63.2 Å². The highest BCUT2D eigenvalue weighted by Crippen LogP contribution is 2.39. The van der Waals surface area contributed by atoms with Crippen molar-refractivity contribution in [2.45, 2.75) is 0 Å². The van der Waals surface area contributed by atoms with Gasteiger partial charge < -0.3 is 19.0 Å². The summed E-state index contributed by atoms with van der Waals surface area (Å²) < 4.78 is 13.3. The van der Waals surface area contributed by atoms with E-state index in [1.807, 2.05) is 47.2 Å². The fraction of sp³-hybridized carbons (Fsp3) is 0.0938. The van der Waals surface area contributed by atoms with E-state index in [1.54, 1.807) is 31.8 Å². The topological polar surface area (TPSA) is 56.2 Å². The molecule has 0 aliphatic carbocycles. The Labute approximate surface area is 224 Å². The number of ether oxygens (including phenoxy) is 2. The normalized spacial score (nSPS) is 10.9. The molecule has 0 fully saturated rings. The predicted molar refractivity (Wildman–Crippen MR) is 154 cm³/mol. The highest BCUT2D eigenvalue weighted by molar-refractivity contribution is 7.08. The molecule has 0 atom stereocenters. The zero-order valence-electron chi connectivity index (χ0n) is 21.2. The van der Waals surface area contributed by atoms with Gasteiger partial charge in [0.25, 0.3) is 0 Å². The minimum absolute atomic E-state index is 0.644. The van der Waals surface area contributed by atoms with E-state index in [0.717, 1.165) is 61.6 Å². The van der Waals surface area contributed by atoms with Gasteiger partial charge >= 0.3 is 0 Å². The van der Waals surface area contributed by atoms with E-state index in [-0.39, 0.29) is 0 Å². The van der Waals surface area contributed by atoms with Gasteiger partial charge in [0.2, 0.25) is 0 Å². The van der Waals surface area contributed by atoms with E-state index in [1.165, 1.54) is 0 Å². The third-order valence-electron chi connectivity index (χ3n) is 6.85. The molecule has 0 spiro atoms. The van der Waals surface area contributed by atoms with Gasteiger partial charge in [0.1, 0.15) is 11.5 Å². The summed E-state index contributed by atoms with van der Waals surface area (Å²) in [5, 5.41) is 6.03. The van der Waals surface area contributed by atoms with Gasteiger partial charge in [-0.1, -0.05) is 30.0 Å². The molecule has 0 aliphatic heterocycles. The number of nitrogens with zero attached hydrogens (tertiary/aromatic N) is 1. The second-order valence-corrected chi connectivity index (χ2v) is 9.75. The van der Waals surface area contributed by atoms with Gasteiger partial charge in [0.05, 0.1) is 25.5 Å². The van der Waals surface area contributed by atoms with Crippen molar-refractivity contribution in [2.75, 3.05) is 14.2 Å². The van der Waals surface area contributed by atoms with Crippen LogP contribution in [0.1, 0.15) is 21.5 Å². The van der Waals surface area contributed by atoms with Crippen molar-refractivity contribution >= 4 is 39.4 Å². The number of nitrogens with one attached hydrogen (secondary N) is 1. The molecule has 0 saturated heterocycles. The zero-order valence-corrected chi connectivity index (χ0v) is 22.0. The molecular weight excluding hydrogens is 492 g/mol.